The highest BCUT2D eigenvalue weighted by Crippen LogP contribution is 2.33. The van der Waals surface area contributed by atoms with Crippen LogP contribution in [0.1, 0.15) is 55.7 Å². The lowest BCUT2D eigenvalue weighted by molar-refractivity contribution is 0.625. The highest BCUT2D eigenvalue weighted by atomic mass is 32.2. The van der Waals surface area contributed by atoms with Gasteiger partial charge < -0.3 is 0 Å². The van der Waals surface area contributed by atoms with E-state index in [1.807, 2.05) is 23.5 Å². The zero-order valence-electron chi connectivity index (χ0n) is 19.5. The van der Waals surface area contributed by atoms with Gasteiger partial charge in [-0.05, 0) is 87.4 Å². The molecule has 0 fully saturated rings. The van der Waals surface area contributed by atoms with Crippen LogP contribution in [0.5, 0.6) is 0 Å². The molecule has 4 aromatic rings. The maximum Gasteiger partial charge on any atom is 0.0148 e. The Bertz CT molecular complexity index is 1250. The molecule has 0 amide bonds. The van der Waals surface area contributed by atoms with E-state index in [0.717, 1.165) is 0 Å². The molecule has 0 aliphatic carbocycles. The molecule has 0 saturated heterocycles. The lowest BCUT2D eigenvalue weighted by Crippen LogP contribution is -1.94. The fraction of sp³-hybridized carbons (Fsp3) is 0.267. The summed E-state index contributed by atoms with van der Waals surface area (Å²) in [6.07, 6.45) is 12.7. The van der Waals surface area contributed by atoms with Gasteiger partial charge in [-0.3, -0.25) is 0 Å². The van der Waals surface area contributed by atoms with Gasteiger partial charge in [-0.1, -0.05) is 81.3 Å². The molecule has 0 heterocycles. The van der Waals surface area contributed by atoms with E-state index in [1.165, 1.54) is 67.3 Å². The maximum atomic E-state index is 2.40. The van der Waals surface area contributed by atoms with Gasteiger partial charge in [0, 0.05) is 9.79 Å². The van der Waals surface area contributed by atoms with Crippen molar-refractivity contribution in [2.75, 3.05) is 12.5 Å². The van der Waals surface area contributed by atoms with Gasteiger partial charge in [-0.2, -0.15) is 0 Å². The Morgan fingerprint density at radius 2 is 1.28 bits per heavy atom. The number of fused-ring (bicyclic) bond motifs is 2. The summed E-state index contributed by atoms with van der Waals surface area (Å²) in [6.45, 7) is 4.63. The molecule has 0 spiro atoms. The average molecular weight is 457 g/mol. The van der Waals surface area contributed by atoms with E-state index in [1.54, 1.807) is 0 Å². The zero-order valence-corrected chi connectivity index (χ0v) is 21.2. The summed E-state index contributed by atoms with van der Waals surface area (Å²) in [5.41, 5.74) is 4.03. The number of hydrogen-bond acceptors (Lipinski definition) is 2. The second-order valence-electron chi connectivity index (χ2n) is 8.52. The summed E-state index contributed by atoms with van der Waals surface area (Å²) in [5.74, 6) is 0.620. The number of rotatable bonds is 8. The Balaban J connectivity index is 1.69. The van der Waals surface area contributed by atoms with Crippen LogP contribution in [-0.4, -0.2) is 12.5 Å². The minimum Gasteiger partial charge on any atom is -0.129 e. The first-order valence-electron chi connectivity index (χ1n) is 11.5. The molecule has 0 aliphatic heterocycles. The topological polar surface area (TPSA) is 0 Å². The Labute approximate surface area is 201 Å². The van der Waals surface area contributed by atoms with Crippen LogP contribution in [0, 0.1) is 0 Å². The van der Waals surface area contributed by atoms with Gasteiger partial charge in [-0.25, -0.2) is 0 Å². The summed E-state index contributed by atoms with van der Waals surface area (Å²) >= 11 is 3.64. The third-order valence-electron chi connectivity index (χ3n) is 6.31. The van der Waals surface area contributed by atoms with Crippen molar-refractivity contribution in [1.82, 2.24) is 0 Å². The molecule has 0 bridgehead atoms. The van der Waals surface area contributed by atoms with Crippen LogP contribution in [0.3, 0.4) is 0 Å². The van der Waals surface area contributed by atoms with E-state index in [2.05, 4.69) is 105 Å². The summed E-state index contributed by atoms with van der Waals surface area (Å²) in [5, 5.41) is 5.26. The summed E-state index contributed by atoms with van der Waals surface area (Å²) < 4.78 is 0. The Morgan fingerprint density at radius 1 is 0.719 bits per heavy atom. The molecular formula is C30H32S2. The van der Waals surface area contributed by atoms with Crippen molar-refractivity contribution in [3.8, 4) is 0 Å². The smallest absolute Gasteiger partial charge is 0.0148 e. The fourth-order valence-corrected chi connectivity index (χ4v) is 5.54. The van der Waals surface area contributed by atoms with Crippen LogP contribution in [-0.2, 0) is 0 Å². The zero-order chi connectivity index (χ0) is 22.5. The monoisotopic (exact) mass is 456 g/mol. The molecule has 164 valence electrons. The van der Waals surface area contributed by atoms with Crippen molar-refractivity contribution in [3.63, 3.8) is 0 Å². The van der Waals surface area contributed by atoms with Crippen molar-refractivity contribution in [1.29, 1.82) is 0 Å². The predicted molar refractivity (Wildman–Crippen MR) is 148 cm³/mol. The van der Waals surface area contributed by atoms with Gasteiger partial charge in [0.2, 0.25) is 0 Å². The highest BCUT2D eigenvalue weighted by molar-refractivity contribution is 7.99. The molecule has 0 radical (unpaired) electrons. The minimum absolute atomic E-state index is 0.620. The molecule has 2 heteroatoms. The van der Waals surface area contributed by atoms with Gasteiger partial charge in [0.1, 0.15) is 0 Å². The van der Waals surface area contributed by atoms with E-state index in [-0.39, 0.29) is 0 Å². The number of thioether (sulfide) groups is 2. The normalized spacial score (nSPS) is 12.8. The van der Waals surface area contributed by atoms with Gasteiger partial charge in [0.25, 0.3) is 0 Å². The Morgan fingerprint density at radius 3 is 1.88 bits per heavy atom. The summed E-state index contributed by atoms with van der Waals surface area (Å²) in [4.78, 5) is 2.65. The summed E-state index contributed by atoms with van der Waals surface area (Å²) in [7, 11) is 0. The number of unbranched alkanes of at least 4 members (excludes halogenated alkanes) is 1. The Hall–Kier alpha value is -2.16. The van der Waals surface area contributed by atoms with Crippen molar-refractivity contribution >= 4 is 57.2 Å². The van der Waals surface area contributed by atoms with E-state index < -0.39 is 0 Å². The first-order valence-corrected chi connectivity index (χ1v) is 13.9. The van der Waals surface area contributed by atoms with E-state index >= 15 is 0 Å². The lowest BCUT2D eigenvalue weighted by atomic mass is 9.93. The molecule has 1 unspecified atom stereocenters. The standard InChI is InChI=1S/C30H32S2/c1-5-6-9-21(2)22-12-13-25-18-27(30(32-4)20-28(25)16-22)15-14-26-17-23-10-7-8-11-24(23)19-29(26)31-3/h7-8,10-21H,5-6,9H2,1-4H3. The predicted octanol–water partition coefficient (Wildman–Crippen LogP) is 9.90. The van der Waals surface area contributed by atoms with Crippen LogP contribution >= 0.6 is 23.5 Å². The van der Waals surface area contributed by atoms with Crippen LogP contribution < -0.4 is 0 Å². The van der Waals surface area contributed by atoms with Crippen molar-refractivity contribution in [3.05, 3.63) is 83.4 Å². The van der Waals surface area contributed by atoms with E-state index in [4.69, 9.17) is 0 Å². The van der Waals surface area contributed by atoms with Gasteiger partial charge in [0.15, 0.2) is 0 Å². The molecule has 0 aromatic heterocycles. The second-order valence-corrected chi connectivity index (χ2v) is 10.2. The van der Waals surface area contributed by atoms with Crippen molar-refractivity contribution in [2.45, 2.75) is 48.8 Å². The first kappa shape index (κ1) is 23.0. The quantitative estimate of drug-likeness (QED) is 0.191. The molecule has 32 heavy (non-hydrogen) atoms. The number of hydrogen-bond donors (Lipinski definition) is 0. The second kappa shape index (κ2) is 10.6. The van der Waals surface area contributed by atoms with Crippen LogP contribution in [0.25, 0.3) is 33.7 Å². The summed E-state index contributed by atoms with van der Waals surface area (Å²) in [6, 6.07) is 25.0. The Kier molecular flexibility index (Phi) is 7.65. The van der Waals surface area contributed by atoms with Gasteiger partial charge in [-0.15, -0.1) is 23.5 Å². The molecule has 0 aliphatic rings. The molecule has 0 saturated carbocycles. The van der Waals surface area contributed by atoms with E-state index in [0.29, 0.717) is 5.92 Å². The van der Waals surface area contributed by atoms with Gasteiger partial charge >= 0.3 is 0 Å². The SMILES string of the molecule is CCCCC(C)c1ccc2cc(C=Cc3cc4ccccc4cc3SC)c(SC)cc2c1. The molecule has 4 aromatic carbocycles. The molecule has 0 N–H and O–H groups in total. The third-order valence-corrected chi connectivity index (χ3v) is 7.90. The molecular weight excluding hydrogens is 424 g/mol. The molecule has 1 atom stereocenters. The highest BCUT2D eigenvalue weighted by Gasteiger charge is 2.09. The molecule has 4 rings (SSSR count). The van der Waals surface area contributed by atoms with Crippen LogP contribution in [0.4, 0.5) is 0 Å². The number of benzene rings is 4. The van der Waals surface area contributed by atoms with Gasteiger partial charge in [0.05, 0.1) is 0 Å². The average Bonchev–Trinajstić information content (AvgIpc) is 2.84. The first-order chi connectivity index (χ1) is 15.6. The third kappa shape index (κ3) is 5.08. The largest absolute Gasteiger partial charge is 0.129 e. The lowest BCUT2D eigenvalue weighted by Gasteiger charge is -2.14. The maximum absolute atomic E-state index is 2.40. The fourth-order valence-electron chi connectivity index (χ4n) is 4.33. The van der Waals surface area contributed by atoms with Crippen molar-refractivity contribution in [2.24, 2.45) is 0 Å². The van der Waals surface area contributed by atoms with Crippen LogP contribution in [0.15, 0.2) is 76.5 Å². The molecule has 0 nitrogen and oxygen atoms in total. The van der Waals surface area contributed by atoms with E-state index in [9.17, 15) is 0 Å². The van der Waals surface area contributed by atoms with Crippen LogP contribution in [0.2, 0.25) is 0 Å². The van der Waals surface area contributed by atoms with Crippen molar-refractivity contribution < 1.29 is 0 Å². The minimum atomic E-state index is 0.620.